The van der Waals surface area contributed by atoms with E-state index < -0.39 is 11.7 Å². The van der Waals surface area contributed by atoms with E-state index in [-0.39, 0.29) is 0 Å². The summed E-state index contributed by atoms with van der Waals surface area (Å²) in [5.74, 6) is 1.68. The van der Waals surface area contributed by atoms with Crippen LogP contribution in [0.15, 0.2) is 36.5 Å². The average Bonchev–Trinajstić information content (AvgIpc) is 2.54. The molecule has 1 heterocycles. The van der Waals surface area contributed by atoms with E-state index in [1.165, 1.54) is 6.07 Å². The highest BCUT2D eigenvalue weighted by atomic mass is 19.4. The van der Waals surface area contributed by atoms with Crippen molar-refractivity contribution in [3.05, 3.63) is 47.7 Å². The molecule has 124 valence electrons. The van der Waals surface area contributed by atoms with Crippen molar-refractivity contribution in [2.75, 3.05) is 26.1 Å². The number of hydrogen-bond acceptors (Lipinski definition) is 4. The van der Waals surface area contributed by atoms with Crippen molar-refractivity contribution < 1.29 is 22.6 Å². The fourth-order valence-electron chi connectivity index (χ4n) is 2.04. The molecule has 0 radical (unpaired) electrons. The van der Waals surface area contributed by atoms with Crippen LogP contribution in [0.2, 0.25) is 0 Å². The maximum absolute atomic E-state index is 12.4. The van der Waals surface area contributed by atoms with Crippen LogP contribution in [0.4, 0.5) is 19.0 Å². The molecule has 0 saturated heterocycles. The zero-order chi connectivity index (χ0) is 16.9. The van der Waals surface area contributed by atoms with E-state index >= 15 is 0 Å². The van der Waals surface area contributed by atoms with Gasteiger partial charge in [-0.1, -0.05) is 6.07 Å². The lowest BCUT2D eigenvalue weighted by Gasteiger charge is -2.11. The Labute approximate surface area is 132 Å². The quantitative estimate of drug-likeness (QED) is 0.877. The Kier molecular flexibility index (Phi) is 5.31. The molecule has 1 N–H and O–H groups in total. The van der Waals surface area contributed by atoms with Gasteiger partial charge in [0.05, 0.1) is 19.8 Å². The second kappa shape index (κ2) is 7.21. The van der Waals surface area contributed by atoms with Crippen molar-refractivity contribution in [2.24, 2.45) is 0 Å². The average molecular weight is 326 g/mol. The summed E-state index contributed by atoms with van der Waals surface area (Å²) in [7, 11) is 3.13. The Morgan fingerprint density at radius 1 is 1.04 bits per heavy atom. The minimum atomic E-state index is -4.37. The van der Waals surface area contributed by atoms with Crippen molar-refractivity contribution in [3.63, 3.8) is 0 Å². The predicted octanol–water partition coefficient (Wildman–Crippen LogP) is 3.77. The molecule has 0 aliphatic carbocycles. The number of anilines is 1. The van der Waals surface area contributed by atoms with Gasteiger partial charge in [-0.2, -0.15) is 13.2 Å². The number of ether oxygens (including phenoxy) is 2. The summed E-state index contributed by atoms with van der Waals surface area (Å²) in [6, 6.07) is 7.90. The van der Waals surface area contributed by atoms with Crippen LogP contribution in [0.25, 0.3) is 0 Å². The van der Waals surface area contributed by atoms with Crippen molar-refractivity contribution in [1.29, 1.82) is 0 Å². The van der Waals surface area contributed by atoms with Crippen LogP contribution in [0.3, 0.4) is 0 Å². The van der Waals surface area contributed by atoms with Gasteiger partial charge in [0.1, 0.15) is 5.82 Å². The summed E-state index contributed by atoms with van der Waals surface area (Å²) in [6.45, 7) is 0.536. The third kappa shape index (κ3) is 4.51. The van der Waals surface area contributed by atoms with Crippen molar-refractivity contribution in [1.82, 2.24) is 4.98 Å². The Balaban J connectivity index is 1.92. The molecule has 2 aromatic rings. The van der Waals surface area contributed by atoms with E-state index in [0.717, 1.165) is 17.8 Å². The monoisotopic (exact) mass is 326 g/mol. The molecule has 0 bridgehead atoms. The fraction of sp³-hybridized carbons (Fsp3) is 0.312. The van der Waals surface area contributed by atoms with Gasteiger partial charge < -0.3 is 14.8 Å². The molecule has 1 aromatic heterocycles. The number of benzene rings is 1. The van der Waals surface area contributed by atoms with Crippen LogP contribution < -0.4 is 14.8 Å². The van der Waals surface area contributed by atoms with Crippen LogP contribution >= 0.6 is 0 Å². The van der Waals surface area contributed by atoms with E-state index in [4.69, 9.17) is 9.47 Å². The SMILES string of the molecule is COc1ccc(CCNc2ccc(C(F)(F)F)cn2)cc1OC. The molecule has 1 aromatic carbocycles. The summed E-state index contributed by atoms with van der Waals surface area (Å²) >= 11 is 0. The highest BCUT2D eigenvalue weighted by molar-refractivity contribution is 5.43. The van der Waals surface area contributed by atoms with Crippen molar-refractivity contribution in [3.8, 4) is 11.5 Å². The molecule has 2 rings (SSSR count). The Hall–Kier alpha value is -2.44. The molecule has 4 nitrogen and oxygen atoms in total. The van der Waals surface area contributed by atoms with E-state index in [1.807, 2.05) is 18.2 Å². The number of alkyl halides is 3. The van der Waals surface area contributed by atoms with Crippen LogP contribution in [0.5, 0.6) is 11.5 Å². The maximum Gasteiger partial charge on any atom is 0.417 e. The van der Waals surface area contributed by atoms with E-state index in [9.17, 15) is 13.2 Å². The number of methoxy groups -OCH3 is 2. The topological polar surface area (TPSA) is 43.4 Å². The van der Waals surface area contributed by atoms with Gasteiger partial charge in [0.2, 0.25) is 0 Å². The van der Waals surface area contributed by atoms with E-state index in [0.29, 0.717) is 30.3 Å². The highest BCUT2D eigenvalue weighted by Gasteiger charge is 2.30. The lowest BCUT2D eigenvalue weighted by molar-refractivity contribution is -0.137. The lowest BCUT2D eigenvalue weighted by Crippen LogP contribution is -2.09. The van der Waals surface area contributed by atoms with Crippen LogP contribution in [0.1, 0.15) is 11.1 Å². The molecular weight excluding hydrogens is 309 g/mol. The molecule has 0 aliphatic rings. The van der Waals surface area contributed by atoms with Crippen LogP contribution in [-0.4, -0.2) is 25.7 Å². The second-order valence-corrected chi connectivity index (χ2v) is 4.80. The van der Waals surface area contributed by atoms with Gasteiger partial charge in [0.25, 0.3) is 0 Å². The number of aromatic nitrogens is 1. The number of nitrogens with zero attached hydrogens (tertiary/aromatic N) is 1. The molecule has 0 unspecified atom stereocenters. The third-order valence-corrected chi connectivity index (χ3v) is 3.26. The molecule has 7 heteroatoms. The van der Waals surface area contributed by atoms with Gasteiger partial charge in [0, 0.05) is 12.7 Å². The zero-order valence-corrected chi connectivity index (χ0v) is 12.8. The number of rotatable bonds is 6. The standard InChI is InChI=1S/C16H17F3N2O2/c1-22-13-5-3-11(9-14(13)23-2)7-8-20-15-6-4-12(10-21-15)16(17,18)19/h3-6,9-10H,7-8H2,1-2H3,(H,20,21). The van der Waals surface area contributed by atoms with Crippen LogP contribution in [-0.2, 0) is 12.6 Å². The van der Waals surface area contributed by atoms with Gasteiger partial charge in [-0.3, -0.25) is 0 Å². The first-order chi connectivity index (χ1) is 10.9. The molecular formula is C16H17F3N2O2. The lowest BCUT2D eigenvalue weighted by atomic mass is 10.1. The zero-order valence-electron chi connectivity index (χ0n) is 12.8. The van der Waals surface area contributed by atoms with E-state index in [2.05, 4.69) is 10.3 Å². The Morgan fingerprint density at radius 2 is 1.78 bits per heavy atom. The summed E-state index contributed by atoms with van der Waals surface area (Å²) in [5, 5.41) is 2.99. The van der Waals surface area contributed by atoms with Crippen LogP contribution in [0, 0.1) is 0 Å². The molecule has 0 amide bonds. The smallest absolute Gasteiger partial charge is 0.417 e. The molecule has 0 saturated carbocycles. The molecule has 0 atom stereocenters. The normalized spacial score (nSPS) is 11.2. The van der Waals surface area contributed by atoms with Gasteiger partial charge in [0.15, 0.2) is 11.5 Å². The second-order valence-electron chi connectivity index (χ2n) is 4.80. The minimum absolute atomic E-state index is 0.401. The predicted molar refractivity (Wildman–Crippen MR) is 81.0 cm³/mol. The Morgan fingerprint density at radius 3 is 2.35 bits per heavy atom. The van der Waals surface area contributed by atoms with Gasteiger partial charge in [-0.05, 0) is 36.2 Å². The summed E-state index contributed by atoms with van der Waals surface area (Å²) in [6.07, 6.45) is -2.88. The fourth-order valence-corrected chi connectivity index (χ4v) is 2.04. The molecule has 23 heavy (non-hydrogen) atoms. The largest absolute Gasteiger partial charge is 0.493 e. The van der Waals surface area contributed by atoms with Crippen molar-refractivity contribution >= 4 is 5.82 Å². The van der Waals surface area contributed by atoms with Crippen molar-refractivity contribution in [2.45, 2.75) is 12.6 Å². The third-order valence-electron chi connectivity index (χ3n) is 3.26. The summed E-state index contributed by atoms with van der Waals surface area (Å²) in [5.41, 5.74) is 0.255. The molecule has 0 fully saturated rings. The number of pyridine rings is 1. The summed E-state index contributed by atoms with van der Waals surface area (Å²) in [4.78, 5) is 3.76. The number of nitrogens with one attached hydrogen (secondary N) is 1. The van der Waals surface area contributed by atoms with Gasteiger partial charge in [-0.15, -0.1) is 0 Å². The van der Waals surface area contributed by atoms with Gasteiger partial charge in [-0.25, -0.2) is 4.98 Å². The summed E-state index contributed by atoms with van der Waals surface area (Å²) < 4.78 is 47.7. The maximum atomic E-state index is 12.4. The molecule has 0 spiro atoms. The number of hydrogen-bond donors (Lipinski definition) is 1. The first kappa shape index (κ1) is 16.9. The first-order valence-electron chi connectivity index (χ1n) is 6.92. The number of halogens is 3. The van der Waals surface area contributed by atoms with Gasteiger partial charge >= 0.3 is 6.18 Å². The first-order valence-corrected chi connectivity index (χ1v) is 6.92. The van der Waals surface area contributed by atoms with E-state index in [1.54, 1.807) is 14.2 Å². The molecule has 0 aliphatic heterocycles. The highest BCUT2D eigenvalue weighted by Crippen LogP contribution is 2.29. The minimum Gasteiger partial charge on any atom is -0.493 e. The Bertz CT molecular complexity index is 643.